The number of hydrogen-bond acceptors (Lipinski definition) is 8. The number of aromatic nitrogens is 5. The number of hydrogen-bond donors (Lipinski definition) is 4. The second kappa shape index (κ2) is 9.84. The van der Waals surface area contributed by atoms with Crippen LogP contribution in [-0.4, -0.2) is 66.7 Å². The van der Waals surface area contributed by atoms with E-state index in [4.69, 9.17) is 0 Å². The molecule has 176 valence electrons. The van der Waals surface area contributed by atoms with Gasteiger partial charge < -0.3 is 15.7 Å². The summed E-state index contributed by atoms with van der Waals surface area (Å²) in [6.45, 7) is 4.07. The van der Waals surface area contributed by atoms with Gasteiger partial charge in [-0.1, -0.05) is 0 Å². The molecule has 4 heterocycles. The summed E-state index contributed by atoms with van der Waals surface area (Å²) in [5.74, 6) is 1.53. The van der Waals surface area contributed by atoms with Crippen molar-refractivity contribution in [2.75, 3.05) is 36.9 Å². The number of aliphatic hydroxyl groups is 1. The van der Waals surface area contributed by atoms with E-state index in [2.05, 4.69) is 35.7 Å². The molecule has 1 aromatic carbocycles. The zero-order valence-electron chi connectivity index (χ0n) is 18.7. The zero-order chi connectivity index (χ0) is 23.5. The molecular formula is C23H26N8O2S. The van der Waals surface area contributed by atoms with E-state index in [0.29, 0.717) is 23.5 Å². The first-order valence-electron chi connectivity index (χ1n) is 11.1. The average Bonchev–Trinajstić information content (AvgIpc) is 3.56. The number of aliphatic hydroxyl groups excluding tert-OH is 1. The molecule has 1 amide bonds. The Morgan fingerprint density at radius 1 is 1.26 bits per heavy atom. The SMILES string of the molecule is Cc1cc(Nc2nc(Sc3ccc(NC(=O)CN4CCC(CO)C4)cc3)nc3cccn23)n[nH]1. The van der Waals surface area contributed by atoms with Crippen LogP contribution in [0.5, 0.6) is 0 Å². The first-order chi connectivity index (χ1) is 16.6. The minimum atomic E-state index is -0.0506. The highest BCUT2D eigenvalue weighted by atomic mass is 32.2. The van der Waals surface area contributed by atoms with Gasteiger partial charge in [-0.05, 0) is 74.0 Å². The summed E-state index contributed by atoms with van der Waals surface area (Å²) < 4.78 is 1.87. The summed E-state index contributed by atoms with van der Waals surface area (Å²) in [6.07, 6.45) is 2.83. The molecule has 1 aliphatic heterocycles. The maximum Gasteiger partial charge on any atom is 0.238 e. The summed E-state index contributed by atoms with van der Waals surface area (Å²) in [5, 5.41) is 23.2. The van der Waals surface area contributed by atoms with Crippen LogP contribution in [0.3, 0.4) is 0 Å². The molecule has 0 bridgehead atoms. The number of carbonyl (C=O) groups is 1. The molecule has 4 aromatic rings. The number of nitrogens with one attached hydrogen (secondary N) is 3. The minimum absolute atomic E-state index is 0.0506. The van der Waals surface area contributed by atoms with Crippen molar-refractivity contribution in [2.24, 2.45) is 5.92 Å². The Labute approximate surface area is 200 Å². The summed E-state index contributed by atoms with van der Waals surface area (Å²) in [4.78, 5) is 24.7. The smallest absolute Gasteiger partial charge is 0.238 e. The highest BCUT2D eigenvalue weighted by Gasteiger charge is 2.23. The number of carbonyl (C=O) groups excluding carboxylic acids is 1. The molecule has 34 heavy (non-hydrogen) atoms. The number of H-pyrrole nitrogens is 1. The predicted molar refractivity (Wildman–Crippen MR) is 130 cm³/mol. The molecule has 1 saturated heterocycles. The number of nitrogens with zero attached hydrogens (tertiary/aromatic N) is 5. The van der Waals surface area contributed by atoms with Crippen LogP contribution in [0.1, 0.15) is 12.1 Å². The Morgan fingerprint density at radius 3 is 2.85 bits per heavy atom. The molecule has 0 aliphatic carbocycles. The largest absolute Gasteiger partial charge is 0.396 e. The normalized spacial score (nSPS) is 16.2. The number of aryl methyl sites for hydroxylation is 1. The average molecular weight is 479 g/mol. The van der Waals surface area contributed by atoms with Crippen molar-refractivity contribution in [1.29, 1.82) is 0 Å². The Morgan fingerprint density at radius 2 is 2.12 bits per heavy atom. The van der Waals surface area contributed by atoms with Gasteiger partial charge in [-0.15, -0.1) is 0 Å². The Balaban J connectivity index is 1.24. The summed E-state index contributed by atoms with van der Waals surface area (Å²) >= 11 is 1.44. The van der Waals surface area contributed by atoms with Crippen molar-refractivity contribution in [1.82, 2.24) is 29.5 Å². The van der Waals surface area contributed by atoms with E-state index in [-0.39, 0.29) is 18.4 Å². The first-order valence-corrected chi connectivity index (χ1v) is 11.9. The maximum atomic E-state index is 12.4. The molecule has 1 aliphatic rings. The van der Waals surface area contributed by atoms with E-state index in [9.17, 15) is 9.90 Å². The lowest BCUT2D eigenvalue weighted by atomic mass is 10.1. The minimum Gasteiger partial charge on any atom is -0.396 e. The molecule has 3 aromatic heterocycles. The topological polar surface area (TPSA) is 123 Å². The number of aromatic amines is 1. The van der Waals surface area contributed by atoms with Crippen LogP contribution in [0, 0.1) is 12.8 Å². The van der Waals surface area contributed by atoms with Gasteiger partial charge in [-0.3, -0.25) is 19.2 Å². The van der Waals surface area contributed by atoms with Gasteiger partial charge in [0.2, 0.25) is 11.9 Å². The second-order valence-electron chi connectivity index (χ2n) is 8.37. The number of fused-ring (bicyclic) bond motifs is 1. The quantitative estimate of drug-likeness (QED) is 0.305. The van der Waals surface area contributed by atoms with Gasteiger partial charge >= 0.3 is 0 Å². The standard InChI is InChI=1S/C23H26N8O2S/c1-15-11-19(29-28-15)25-22-27-23(26-20-3-2-9-31(20)22)34-18-6-4-17(5-7-18)24-21(33)13-30-10-8-16(12-30)14-32/h2-7,9,11,16,32H,8,10,12-14H2,1H3,(H,24,33)(H2,25,26,27,28,29). The Hall–Kier alpha value is -3.41. The lowest BCUT2D eigenvalue weighted by Crippen LogP contribution is -2.31. The van der Waals surface area contributed by atoms with E-state index < -0.39 is 0 Å². The number of likely N-dealkylation sites (tertiary alicyclic amines) is 1. The van der Waals surface area contributed by atoms with Gasteiger partial charge in [-0.25, -0.2) is 4.98 Å². The van der Waals surface area contributed by atoms with Gasteiger partial charge in [0.1, 0.15) is 5.65 Å². The van der Waals surface area contributed by atoms with Gasteiger partial charge in [-0.2, -0.15) is 10.1 Å². The molecule has 1 unspecified atom stereocenters. The van der Waals surface area contributed by atoms with Crippen molar-refractivity contribution in [2.45, 2.75) is 23.4 Å². The molecule has 0 spiro atoms. The highest BCUT2D eigenvalue weighted by Crippen LogP contribution is 2.28. The molecule has 4 N–H and O–H groups in total. The van der Waals surface area contributed by atoms with Crippen LogP contribution in [0.2, 0.25) is 0 Å². The molecule has 10 nitrogen and oxygen atoms in total. The molecule has 1 atom stereocenters. The zero-order valence-corrected chi connectivity index (χ0v) is 19.5. The number of rotatable bonds is 8. The lowest BCUT2D eigenvalue weighted by molar-refractivity contribution is -0.117. The fourth-order valence-electron chi connectivity index (χ4n) is 3.96. The maximum absolute atomic E-state index is 12.4. The second-order valence-corrected chi connectivity index (χ2v) is 9.42. The van der Waals surface area contributed by atoms with Gasteiger partial charge in [0.05, 0.1) is 6.54 Å². The van der Waals surface area contributed by atoms with Crippen LogP contribution in [-0.2, 0) is 4.79 Å². The third-order valence-electron chi connectivity index (χ3n) is 5.66. The third kappa shape index (κ3) is 5.22. The number of anilines is 3. The van der Waals surface area contributed by atoms with Crippen LogP contribution in [0.15, 0.2) is 58.7 Å². The fraction of sp³-hybridized carbons (Fsp3) is 0.304. The summed E-state index contributed by atoms with van der Waals surface area (Å²) in [5.41, 5.74) is 2.48. The highest BCUT2D eigenvalue weighted by molar-refractivity contribution is 7.99. The fourth-order valence-corrected chi connectivity index (χ4v) is 4.72. The van der Waals surface area contributed by atoms with Crippen LogP contribution < -0.4 is 10.6 Å². The lowest BCUT2D eigenvalue weighted by Gasteiger charge is -2.15. The number of benzene rings is 1. The molecule has 1 fully saturated rings. The Bertz CT molecular complexity index is 1290. The van der Waals surface area contributed by atoms with Crippen LogP contribution >= 0.6 is 11.8 Å². The van der Waals surface area contributed by atoms with E-state index >= 15 is 0 Å². The number of amides is 1. The van der Waals surface area contributed by atoms with Crippen molar-refractivity contribution in [3.63, 3.8) is 0 Å². The molecular weight excluding hydrogens is 452 g/mol. The summed E-state index contributed by atoms with van der Waals surface area (Å²) in [6, 6.07) is 13.4. The van der Waals surface area contributed by atoms with Crippen molar-refractivity contribution in [3.8, 4) is 0 Å². The van der Waals surface area contributed by atoms with Gasteiger partial charge in [0.15, 0.2) is 11.0 Å². The molecule has 11 heteroatoms. The van der Waals surface area contributed by atoms with E-state index in [1.807, 2.05) is 60.0 Å². The monoisotopic (exact) mass is 478 g/mol. The van der Waals surface area contributed by atoms with Gasteiger partial charge in [0.25, 0.3) is 0 Å². The van der Waals surface area contributed by atoms with E-state index in [1.54, 1.807) is 0 Å². The molecule has 5 rings (SSSR count). The van der Waals surface area contributed by atoms with Crippen molar-refractivity contribution >= 4 is 40.8 Å². The molecule has 0 radical (unpaired) electrons. The van der Waals surface area contributed by atoms with Crippen molar-refractivity contribution in [3.05, 3.63) is 54.4 Å². The van der Waals surface area contributed by atoms with Gasteiger partial charge in [0, 0.05) is 41.7 Å². The van der Waals surface area contributed by atoms with Crippen LogP contribution in [0.25, 0.3) is 5.65 Å². The third-order valence-corrected chi connectivity index (χ3v) is 6.53. The van der Waals surface area contributed by atoms with E-state index in [1.165, 1.54) is 11.8 Å². The van der Waals surface area contributed by atoms with Crippen LogP contribution in [0.4, 0.5) is 17.5 Å². The molecule has 0 saturated carbocycles. The Kier molecular flexibility index (Phi) is 6.48. The predicted octanol–water partition coefficient (Wildman–Crippen LogP) is 2.91. The van der Waals surface area contributed by atoms with Crippen molar-refractivity contribution < 1.29 is 9.90 Å². The first kappa shape index (κ1) is 22.4. The summed E-state index contributed by atoms with van der Waals surface area (Å²) in [7, 11) is 0. The van der Waals surface area contributed by atoms with E-state index in [0.717, 1.165) is 41.4 Å².